The van der Waals surface area contributed by atoms with Gasteiger partial charge < -0.3 is 5.32 Å². The molecule has 2 rings (SSSR count). The summed E-state index contributed by atoms with van der Waals surface area (Å²) in [6.45, 7) is 4.55. The van der Waals surface area contributed by atoms with Crippen molar-refractivity contribution in [3.8, 4) is 0 Å². The average molecular weight is 344 g/mol. The summed E-state index contributed by atoms with van der Waals surface area (Å²) in [5.41, 5.74) is 4.04. The van der Waals surface area contributed by atoms with E-state index in [0.29, 0.717) is 17.1 Å². The first-order chi connectivity index (χ1) is 11.5. The highest BCUT2D eigenvalue weighted by molar-refractivity contribution is 6.30. The molecule has 126 valence electrons. The molecular formula is C20H22ClNO2. The maximum atomic E-state index is 12.1. The number of nitrogens with one attached hydrogen (secondary N) is 1. The van der Waals surface area contributed by atoms with Crippen LogP contribution in [0, 0.1) is 13.8 Å². The minimum atomic E-state index is -0.0962. The highest BCUT2D eigenvalue weighted by Gasteiger charge is 2.10. The third-order valence-corrected chi connectivity index (χ3v) is 4.31. The lowest BCUT2D eigenvalue weighted by Gasteiger charge is -2.07. The molecule has 0 fully saturated rings. The zero-order valence-electron chi connectivity index (χ0n) is 14.1. The van der Waals surface area contributed by atoms with Gasteiger partial charge in [0.15, 0.2) is 5.78 Å². The van der Waals surface area contributed by atoms with Gasteiger partial charge in [-0.3, -0.25) is 9.59 Å². The van der Waals surface area contributed by atoms with Crippen molar-refractivity contribution in [1.82, 2.24) is 5.32 Å². The predicted molar refractivity (Wildman–Crippen MR) is 97.6 cm³/mol. The molecule has 0 aliphatic rings. The van der Waals surface area contributed by atoms with Crippen LogP contribution >= 0.6 is 11.6 Å². The van der Waals surface area contributed by atoms with Gasteiger partial charge in [-0.15, -0.1) is 0 Å². The zero-order chi connectivity index (χ0) is 17.5. The Bertz CT molecular complexity index is 723. The van der Waals surface area contributed by atoms with Crippen LogP contribution in [-0.2, 0) is 11.2 Å². The number of carbonyl (C=O) groups is 2. The fourth-order valence-corrected chi connectivity index (χ4v) is 2.50. The Morgan fingerprint density at radius 1 is 0.958 bits per heavy atom. The number of hydrogen-bond donors (Lipinski definition) is 1. The second-order valence-electron chi connectivity index (χ2n) is 5.95. The minimum absolute atomic E-state index is 0.00551. The summed E-state index contributed by atoms with van der Waals surface area (Å²) < 4.78 is 0. The van der Waals surface area contributed by atoms with E-state index >= 15 is 0 Å². The lowest BCUT2D eigenvalue weighted by Crippen LogP contribution is -2.26. The Kier molecular flexibility index (Phi) is 6.56. The van der Waals surface area contributed by atoms with Crippen molar-refractivity contribution in [1.29, 1.82) is 0 Å². The average Bonchev–Trinajstić information content (AvgIpc) is 2.57. The van der Waals surface area contributed by atoms with Gasteiger partial charge in [0.1, 0.15) is 0 Å². The van der Waals surface area contributed by atoms with Crippen LogP contribution in [0.25, 0.3) is 0 Å². The highest BCUT2D eigenvalue weighted by atomic mass is 35.5. The molecule has 1 amide bonds. The van der Waals surface area contributed by atoms with Gasteiger partial charge >= 0.3 is 0 Å². The molecule has 0 saturated heterocycles. The number of aryl methyl sites for hydroxylation is 2. The van der Waals surface area contributed by atoms with E-state index in [1.54, 1.807) is 0 Å². The van der Waals surface area contributed by atoms with Crippen LogP contribution in [0.15, 0.2) is 42.5 Å². The topological polar surface area (TPSA) is 46.2 Å². The van der Waals surface area contributed by atoms with Crippen molar-refractivity contribution < 1.29 is 9.59 Å². The van der Waals surface area contributed by atoms with Gasteiger partial charge in [0.2, 0.25) is 5.91 Å². The first kappa shape index (κ1) is 18.2. The van der Waals surface area contributed by atoms with Crippen molar-refractivity contribution >= 4 is 23.3 Å². The molecule has 2 aromatic carbocycles. The molecule has 0 aliphatic heterocycles. The van der Waals surface area contributed by atoms with Crippen molar-refractivity contribution in [3.05, 3.63) is 69.7 Å². The summed E-state index contributed by atoms with van der Waals surface area (Å²) in [7, 11) is 0. The Balaban J connectivity index is 1.73. The molecule has 0 aromatic heterocycles. The van der Waals surface area contributed by atoms with Crippen molar-refractivity contribution in [3.63, 3.8) is 0 Å². The van der Waals surface area contributed by atoms with E-state index in [0.717, 1.165) is 23.1 Å². The van der Waals surface area contributed by atoms with Gasteiger partial charge in [0, 0.05) is 30.0 Å². The van der Waals surface area contributed by atoms with Gasteiger partial charge in [-0.05, 0) is 55.2 Å². The van der Waals surface area contributed by atoms with E-state index in [9.17, 15) is 9.59 Å². The molecule has 0 radical (unpaired) electrons. The summed E-state index contributed by atoms with van der Waals surface area (Å²) in [6, 6.07) is 13.2. The number of carbonyl (C=O) groups excluding carboxylic acids is 2. The summed E-state index contributed by atoms with van der Waals surface area (Å²) in [5, 5.41) is 3.55. The van der Waals surface area contributed by atoms with E-state index in [4.69, 9.17) is 11.6 Å². The molecule has 1 N–H and O–H groups in total. The van der Waals surface area contributed by atoms with Crippen LogP contribution in [0.4, 0.5) is 0 Å². The molecule has 0 unspecified atom stereocenters. The normalized spacial score (nSPS) is 10.5. The molecule has 0 spiro atoms. The Hall–Kier alpha value is -2.13. The van der Waals surface area contributed by atoms with Crippen LogP contribution < -0.4 is 5.32 Å². The number of benzene rings is 2. The molecule has 3 nitrogen and oxygen atoms in total. The molecule has 2 aromatic rings. The minimum Gasteiger partial charge on any atom is -0.356 e. The van der Waals surface area contributed by atoms with E-state index in [1.807, 2.05) is 56.3 Å². The summed E-state index contributed by atoms with van der Waals surface area (Å²) >= 11 is 5.83. The van der Waals surface area contributed by atoms with Crippen LogP contribution in [-0.4, -0.2) is 18.2 Å². The Morgan fingerprint density at radius 3 is 2.33 bits per heavy atom. The quantitative estimate of drug-likeness (QED) is 0.763. The number of ketones is 1. The largest absolute Gasteiger partial charge is 0.356 e. The molecule has 0 heterocycles. The van der Waals surface area contributed by atoms with Gasteiger partial charge in [0.25, 0.3) is 0 Å². The molecule has 24 heavy (non-hydrogen) atoms. The highest BCUT2D eigenvalue weighted by Crippen LogP contribution is 2.12. The fourth-order valence-electron chi connectivity index (χ4n) is 2.37. The summed E-state index contributed by atoms with van der Waals surface area (Å²) in [5.74, 6) is -0.0906. The number of hydrogen-bond acceptors (Lipinski definition) is 2. The number of halogens is 1. The molecule has 0 aliphatic carbocycles. The first-order valence-electron chi connectivity index (χ1n) is 8.07. The van der Waals surface area contributed by atoms with Gasteiger partial charge in [-0.2, -0.15) is 0 Å². The second kappa shape index (κ2) is 8.65. The van der Waals surface area contributed by atoms with Crippen molar-refractivity contribution in [2.45, 2.75) is 33.1 Å². The maximum absolute atomic E-state index is 12.1. The second-order valence-corrected chi connectivity index (χ2v) is 6.39. The van der Waals surface area contributed by atoms with Crippen molar-refractivity contribution in [2.24, 2.45) is 0 Å². The van der Waals surface area contributed by atoms with Crippen LogP contribution in [0.3, 0.4) is 0 Å². The summed E-state index contributed by atoms with van der Waals surface area (Å²) in [6.07, 6.45) is 1.19. The lowest BCUT2D eigenvalue weighted by atomic mass is 10.0. The number of Topliss-reactive ketones (excluding diaryl/α,β-unsaturated/α-hetero) is 1. The van der Waals surface area contributed by atoms with Gasteiger partial charge in [0.05, 0.1) is 0 Å². The number of rotatable bonds is 7. The van der Waals surface area contributed by atoms with E-state index < -0.39 is 0 Å². The molecular weight excluding hydrogens is 322 g/mol. The van der Waals surface area contributed by atoms with Crippen LogP contribution in [0.2, 0.25) is 5.02 Å². The van der Waals surface area contributed by atoms with Crippen LogP contribution in [0.5, 0.6) is 0 Å². The fraction of sp³-hybridized carbons (Fsp3) is 0.300. The van der Waals surface area contributed by atoms with E-state index in [-0.39, 0.29) is 24.5 Å². The molecule has 0 saturated carbocycles. The predicted octanol–water partition coefficient (Wildman–Crippen LogP) is 4.28. The zero-order valence-corrected chi connectivity index (χ0v) is 14.8. The smallest absolute Gasteiger partial charge is 0.220 e. The number of amides is 1. The van der Waals surface area contributed by atoms with E-state index in [2.05, 4.69) is 5.32 Å². The maximum Gasteiger partial charge on any atom is 0.220 e. The van der Waals surface area contributed by atoms with Crippen molar-refractivity contribution in [2.75, 3.05) is 6.54 Å². The third-order valence-electron chi connectivity index (χ3n) is 4.06. The monoisotopic (exact) mass is 343 g/mol. The SMILES string of the molecule is Cc1ccc(C(=O)CCC(=O)NCCc2ccc(Cl)cc2)cc1C. The standard InChI is InChI=1S/C20H22ClNO2/c1-14-3-6-17(13-15(14)2)19(23)9-10-20(24)22-12-11-16-4-7-18(21)8-5-16/h3-8,13H,9-12H2,1-2H3,(H,22,24). The molecule has 0 atom stereocenters. The summed E-state index contributed by atoms with van der Waals surface area (Å²) in [4.78, 5) is 24.0. The Labute approximate surface area is 148 Å². The third kappa shape index (κ3) is 5.50. The molecule has 4 heteroatoms. The molecule has 0 bridgehead atoms. The first-order valence-corrected chi connectivity index (χ1v) is 8.45. The van der Waals surface area contributed by atoms with Crippen LogP contribution in [0.1, 0.15) is 39.9 Å². The van der Waals surface area contributed by atoms with E-state index in [1.165, 1.54) is 0 Å². The van der Waals surface area contributed by atoms with Gasteiger partial charge in [-0.1, -0.05) is 35.9 Å². The lowest BCUT2D eigenvalue weighted by molar-refractivity contribution is -0.121. The van der Waals surface area contributed by atoms with Gasteiger partial charge in [-0.25, -0.2) is 0 Å². The Morgan fingerprint density at radius 2 is 1.67 bits per heavy atom.